The van der Waals surface area contributed by atoms with Gasteiger partial charge in [0, 0.05) is 24.7 Å². The molecule has 1 atom stereocenters. The van der Waals surface area contributed by atoms with Crippen LogP contribution in [0.1, 0.15) is 28.9 Å². The highest BCUT2D eigenvalue weighted by Crippen LogP contribution is 2.23. The highest BCUT2D eigenvalue weighted by Gasteiger charge is 2.26. The summed E-state index contributed by atoms with van der Waals surface area (Å²) in [6.45, 7) is 2.71. The third-order valence-corrected chi connectivity index (χ3v) is 5.06. The molecule has 2 aromatic carbocycles. The molecule has 1 aliphatic heterocycles. The number of rotatable bonds is 6. The molecule has 1 aromatic heterocycles. The number of carbonyl (C=O) groups excluding carboxylic acids is 1. The molecule has 1 amide bonds. The third-order valence-electron chi connectivity index (χ3n) is 5.06. The number of likely N-dealkylation sites (tertiary alicyclic amines) is 1. The minimum absolute atomic E-state index is 0.0707. The fourth-order valence-electron chi connectivity index (χ4n) is 3.58. The molecule has 0 aliphatic carbocycles. The average molecular weight is 376 g/mol. The Morgan fingerprint density at radius 1 is 1.11 bits per heavy atom. The normalized spacial score (nSPS) is 16.9. The molecule has 1 saturated heterocycles. The molecule has 5 heteroatoms. The molecule has 1 aliphatic rings. The van der Waals surface area contributed by atoms with Crippen LogP contribution < -0.4 is 0 Å². The Hall–Kier alpha value is -2.92. The molecule has 0 saturated carbocycles. The third kappa shape index (κ3) is 4.49. The van der Waals surface area contributed by atoms with Crippen molar-refractivity contribution in [2.75, 3.05) is 19.7 Å². The molecule has 28 heavy (non-hydrogen) atoms. The first kappa shape index (κ1) is 18.4. The zero-order chi connectivity index (χ0) is 19.2. The Labute approximate surface area is 164 Å². The van der Waals surface area contributed by atoms with E-state index in [2.05, 4.69) is 17.3 Å². The van der Waals surface area contributed by atoms with Crippen molar-refractivity contribution in [3.8, 4) is 11.3 Å². The van der Waals surface area contributed by atoms with E-state index in [1.807, 2.05) is 53.4 Å². The molecule has 1 unspecified atom stereocenters. The van der Waals surface area contributed by atoms with Gasteiger partial charge >= 0.3 is 0 Å². The summed E-state index contributed by atoms with van der Waals surface area (Å²) in [6.07, 6.45) is 2.06. The maximum atomic E-state index is 12.8. The Morgan fingerprint density at radius 3 is 2.64 bits per heavy atom. The standard InChI is InChI=1S/C23H24N2O3/c26-23(21-14-22(28-24-21)20-11-5-2-6-12-20)25-13-7-10-19(15-25)17-27-16-18-8-3-1-4-9-18/h1-6,8-9,11-12,14,19H,7,10,13,15-17H2. The Kier molecular flexibility index (Phi) is 5.83. The lowest BCUT2D eigenvalue weighted by Gasteiger charge is -2.32. The number of carbonyl (C=O) groups is 1. The fraction of sp³-hybridized carbons (Fsp3) is 0.304. The van der Waals surface area contributed by atoms with Crippen LogP contribution in [0.3, 0.4) is 0 Å². The number of ether oxygens (including phenoxy) is 1. The van der Waals surface area contributed by atoms with Crippen LogP contribution in [-0.4, -0.2) is 35.7 Å². The maximum absolute atomic E-state index is 12.8. The van der Waals surface area contributed by atoms with Crippen LogP contribution in [0.4, 0.5) is 0 Å². The van der Waals surface area contributed by atoms with E-state index < -0.39 is 0 Å². The van der Waals surface area contributed by atoms with Crippen LogP contribution in [0, 0.1) is 5.92 Å². The SMILES string of the molecule is O=C(c1cc(-c2ccccc2)on1)N1CCCC(COCc2ccccc2)C1. The predicted octanol–water partition coefficient (Wildman–Crippen LogP) is 4.41. The van der Waals surface area contributed by atoms with Gasteiger partial charge in [-0.3, -0.25) is 4.79 Å². The van der Waals surface area contributed by atoms with Gasteiger partial charge in [0.05, 0.1) is 13.2 Å². The highest BCUT2D eigenvalue weighted by molar-refractivity contribution is 5.93. The molecule has 2 heterocycles. The summed E-state index contributed by atoms with van der Waals surface area (Å²) in [4.78, 5) is 14.7. The molecule has 144 valence electrons. The van der Waals surface area contributed by atoms with Crippen molar-refractivity contribution in [1.82, 2.24) is 10.1 Å². The van der Waals surface area contributed by atoms with Gasteiger partial charge in [-0.2, -0.15) is 0 Å². The average Bonchev–Trinajstić information content (AvgIpc) is 3.25. The van der Waals surface area contributed by atoms with E-state index >= 15 is 0 Å². The van der Waals surface area contributed by atoms with Crippen molar-refractivity contribution < 1.29 is 14.1 Å². The van der Waals surface area contributed by atoms with Crippen LogP contribution in [0.25, 0.3) is 11.3 Å². The first-order valence-electron chi connectivity index (χ1n) is 9.72. The number of benzene rings is 2. The van der Waals surface area contributed by atoms with E-state index in [1.54, 1.807) is 6.07 Å². The number of hydrogen-bond acceptors (Lipinski definition) is 4. The summed E-state index contributed by atoms with van der Waals surface area (Å²) in [5, 5.41) is 4.00. The van der Waals surface area contributed by atoms with E-state index in [4.69, 9.17) is 9.26 Å². The molecule has 3 aromatic rings. The topological polar surface area (TPSA) is 55.6 Å². The Bertz CT molecular complexity index is 892. The van der Waals surface area contributed by atoms with Crippen molar-refractivity contribution in [2.45, 2.75) is 19.4 Å². The number of amides is 1. The zero-order valence-corrected chi connectivity index (χ0v) is 15.8. The summed E-state index contributed by atoms with van der Waals surface area (Å²) in [6, 6.07) is 21.6. The number of hydrogen-bond donors (Lipinski definition) is 0. The van der Waals surface area contributed by atoms with E-state index in [-0.39, 0.29) is 5.91 Å². The van der Waals surface area contributed by atoms with Gasteiger partial charge in [0.2, 0.25) is 0 Å². The molecule has 0 bridgehead atoms. The number of nitrogens with zero attached hydrogens (tertiary/aromatic N) is 2. The van der Waals surface area contributed by atoms with Gasteiger partial charge in [-0.1, -0.05) is 65.8 Å². The van der Waals surface area contributed by atoms with Gasteiger partial charge in [0.1, 0.15) is 0 Å². The van der Waals surface area contributed by atoms with Crippen molar-refractivity contribution in [3.63, 3.8) is 0 Å². The largest absolute Gasteiger partial charge is 0.376 e. The van der Waals surface area contributed by atoms with Crippen LogP contribution in [0.2, 0.25) is 0 Å². The van der Waals surface area contributed by atoms with E-state index in [1.165, 1.54) is 5.56 Å². The maximum Gasteiger partial charge on any atom is 0.276 e. The summed E-state index contributed by atoms with van der Waals surface area (Å²) >= 11 is 0. The molecule has 4 rings (SSSR count). The summed E-state index contributed by atoms with van der Waals surface area (Å²) in [5.74, 6) is 0.893. The number of aromatic nitrogens is 1. The van der Waals surface area contributed by atoms with Crippen molar-refractivity contribution in [2.24, 2.45) is 5.92 Å². The first-order chi connectivity index (χ1) is 13.8. The van der Waals surface area contributed by atoms with Gasteiger partial charge in [0.15, 0.2) is 11.5 Å². The molecule has 0 N–H and O–H groups in total. The van der Waals surface area contributed by atoms with Crippen LogP contribution >= 0.6 is 0 Å². The molecule has 5 nitrogen and oxygen atoms in total. The van der Waals surface area contributed by atoms with Crippen LogP contribution in [-0.2, 0) is 11.3 Å². The predicted molar refractivity (Wildman–Crippen MR) is 107 cm³/mol. The number of piperidine rings is 1. The minimum atomic E-state index is -0.0707. The van der Waals surface area contributed by atoms with E-state index in [0.29, 0.717) is 37.1 Å². The Morgan fingerprint density at radius 2 is 1.86 bits per heavy atom. The Balaban J connectivity index is 1.32. The lowest BCUT2D eigenvalue weighted by Crippen LogP contribution is -2.41. The molecule has 1 fully saturated rings. The lowest BCUT2D eigenvalue weighted by molar-refractivity contribution is 0.0420. The fourth-order valence-corrected chi connectivity index (χ4v) is 3.58. The first-order valence-corrected chi connectivity index (χ1v) is 9.72. The summed E-state index contributed by atoms with van der Waals surface area (Å²) in [5.41, 5.74) is 2.45. The monoisotopic (exact) mass is 376 g/mol. The highest BCUT2D eigenvalue weighted by atomic mass is 16.5. The second kappa shape index (κ2) is 8.85. The molecular weight excluding hydrogens is 352 g/mol. The van der Waals surface area contributed by atoms with Gasteiger partial charge in [-0.15, -0.1) is 0 Å². The molecule has 0 radical (unpaired) electrons. The summed E-state index contributed by atoms with van der Waals surface area (Å²) in [7, 11) is 0. The quantitative estimate of drug-likeness (QED) is 0.639. The second-order valence-corrected chi connectivity index (χ2v) is 7.20. The smallest absolute Gasteiger partial charge is 0.276 e. The van der Waals surface area contributed by atoms with Crippen molar-refractivity contribution in [1.29, 1.82) is 0 Å². The molecular formula is C23H24N2O3. The second-order valence-electron chi connectivity index (χ2n) is 7.20. The van der Waals surface area contributed by atoms with Crippen LogP contribution in [0.15, 0.2) is 71.3 Å². The van der Waals surface area contributed by atoms with Gasteiger partial charge in [-0.05, 0) is 24.3 Å². The summed E-state index contributed by atoms with van der Waals surface area (Å²) < 4.78 is 11.3. The van der Waals surface area contributed by atoms with E-state index in [9.17, 15) is 4.79 Å². The van der Waals surface area contributed by atoms with Crippen molar-refractivity contribution >= 4 is 5.91 Å². The zero-order valence-electron chi connectivity index (χ0n) is 15.8. The van der Waals surface area contributed by atoms with Crippen LogP contribution in [0.5, 0.6) is 0 Å². The van der Waals surface area contributed by atoms with E-state index in [0.717, 1.165) is 24.9 Å². The van der Waals surface area contributed by atoms with Crippen molar-refractivity contribution in [3.05, 3.63) is 78.0 Å². The molecule has 0 spiro atoms. The van der Waals surface area contributed by atoms with Gasteiger partial charge < -0.3 is 14.2 Å². The lowest BCUT2D eigenvalue weighted by atomic mass is 9.98. The van der Waals surface area contributed by atoms with Gasteiger partial charge in [0.25, 0.3) is 5.91 Å². The minimum Gasteiger partial charge on any atom is -0.376 e. The van der Waals surface area contributed by atoms with Gasteiger partial charge in [-0.25, -0.2) is 0 Å².